The smallest absolute Gasteiger partial charge is 0.255 e. The van der Waals surface area contributed by atoms with Crippen LogP contribution in [0.25, 0.3) is 0 Å². The Morgan fingerprint density at radius 1 is 0.967 bits per heavy atom. The number of nitrogens with one attached hydrogen (secondary N) is 3. The monoisotopic (exact) mass is 453 g/mol. The summed E-state index contributed by atoms with van der Waals surface area (Å²) in [6.07, 6.45) is 1.63. The van der Waals surface area contributed by atoms with Crippen molar-refractivity contribution in [2.24, 2.45) is 0 Å². The fourth-order valence-corrected chi connectivity index (χ4v) is 4.71. The standard InChI is InChI=1S/C19H23N3O6S2/c1-20-29(24,25)17-10-6-15(7-11-17)22-19(23)14-4-8-18(9-5-14)30(26,27)21-13-16-3-2-12-28-16/h4-11,16,20-21H,2-3,12-13H2,1H3,(H,22,23). The summed E-state index contributed by atoms with van der Waals surface area (Å²) in [6, 6.07) is 11.2. The minimum Gasteiger partial charge on any atom is -0.377 e. The Hall–Kier alpha value is -2.31. The van der Waals surface area contributed by atoms with Crippen LogP contribution in [-0.4, -0.2) is 49.0 Å². The third-order valence-electron chi connectivity index (χ3n) is 4.64. The minimum atomic E-state index is -3.69. The van der Waals surface area contributed by atoms with E-state index < -0.39 is 26.0 Å². The predicted octanol–water partition coefficient (Wildman–Crippen LogP) is 1.30. The van der Waals surface area contributed by atoms with Crippen molar-refractivity contribution in [2.75, 3.05) is 25.5 Å². The van der Waals surface area contributed by atoms with Gasteiger partial charge < -0.3 is 10.1 Å². The van der Waals surface area contributed by atoms with Gasteiger partial charge in [0.05, 0.1) is 15.9 Å². The molecule has 0 bridgehead atoms. The average molecular weight is 454 g/mol. The molecule has 0 spiro atoms. The molecular weight excluding hydrogens is 430 g/mol. The van der Waals surface area contributed by atoms with Gasteiger partial charge in [-0.2, -0.15) is 0 Å². The van der Waals surface area contributed by atoms with E-state index in [9.17, 15) is 21.6 Å². The van der Waals surface area contributed by atoms with Crippen LogP contribution in [0.2, 0.25) is 0 Å². The van der Waals surface area contributed by atoms with E-state index in [1.54, 1.807) is 0 Å². The number of sulfonamides is 2. The van der Waals surface area contributed by atoms with Gasteiger partial charge in [-0.1, -0.05) is 0 Å². The summed E-state index contributed by atoms with van der Waals surface area (Å²) in [6.45, 7) is 0.855. The molecule has 162 valence electrons. The van der Waals surface area contributed by atoms with Crippen molar-refractivity contribution >= 4 is 31.6 Å². The lowest BCUT2D eigenvalue weighted by Crippen LogP contribution is -2.31. The van der Waals surface area contributed by atoms with Crippen LogP contribution in [0.15, 0.2) is 58.3 Å². The van der Waals surface area contributed by atoms with Crippen LogP contribution in [-0.2, 0) is 24.8 Å². The van der Waals surface area contributed by atoms with Crippen molar-refractivity contribution in [2.45, 2.75) is 28.7 Å². The average Bonchev–Trinajstić information content (AvgIpc) is 3.27. The molecule has 9 nitrogen and oxygen atoms in total. The highest BCUT2D eigenvalue weighted by molar-refractivity contribution is 7.89. The van der Waals surface area contributed by atoms with Crippen molar-refractivity contribution in [3.63, 3.8) is 0 Å². The molecule has 0 saturated carbocycles. The van der Waals surface area contributed by atoms with Gasteiger partial charge in [0.2, 0.25) is 20.0 Å². The van der Waals surface area contributed by atoms with Gasteiger partial charge in [-0.15, -0.1) is 0 Å². The molecule has 0 aromatic heterocycles. The molecule has 1 fully saturated rings. The first-order valence-electron chi connectivity index (χ1n) is 9.27. The minimum absolute atomic E-state index is 0.0543. The van der Waals surface area contributed by atoms with E-state index in [1.165, 1.54) is 55.6 Å². The fourth-order valence-electron chi connectivity index (χ4n) is 2.92. The second-order valence-corrected chi connectivity index (χ2v) is 10.4. The van der Waals surface area contributed by atoms with Gasteiger partial charge in [-0.3, -0.25) is 4.79 Å². The highest BCUT2D eigenvalue weighted by Crippen LogP contribution is 2.17. The summed E-state index contributed by atoms with van der Waals surface area (Å²) in [5.74, 6) is -0.449. The summed E-state index contributed by atoms with van der Waals surface area (Å²) < 4.78 is 58.4. The molecule has 1 heterocycles. The normalized spacial score (nSPS) is 17.0. The van der Waals surface area contributed by atoms with Crippen LogP contribution in [0.1, 0.15) is 23.2 Å². The first-order valence-corrected chi connectivity index (χ1v) is 12.2. The maximum Gasteiger partial charge on any atom is 0.255 e. The van der Waals surface area contributed by atoms with Gasteiger partial charge in [-0.25, -0.2) is 26.3 Å². The number of ether oxygens (including phenoxy) is 1. The number of rotatable bonds is 8. The van der Waals surface area contributed by atoms with E-state index in [1.807, 2.05) is 0 Å². The fraction of sp³-hybridized carbons (Fsp3) is 0.316. The van der Waals surface area contributed by atoms with E-state index in [0.29, 0.717) is 12.3 Å². The molecule has 3 rings (SSSR count). The van der Waals surface area contributed by atoms with E-state index >= 15 is 0 Å². The number of benzene rings is 2. The molecule has 1 aliphatic heterocycles. The number of hydrogen-bond acceptors (Lipinski definition) is 6. The lowest BCUT2D eigenvalue weighted by Gasteiger charge is -2.12. The van der Waals surface area contributed by atoms with Crippen molar-refractivity contribution in [3.8, 4) is 0 Å². The Bertz CT molecular complexity index is 1090. The number of amides is 1. The summed E-state index contributed by atoms with van der Waals surface area (Å²) in [5.41, 5.74) is 0.671. The molecular formula is C19H23N3O6S2. The van der Waals surface area contributed by atoms with E-state index in [-0.39, 0.29) is 28.0 Å². The predicted molar refractivity (Wildman–Crippen MR) is 111 cm³/mol. The molecule has 0 aliphatic carbocycles. The molecule has 0 radical (unpaired) electrons. The molecule has 1 atom stereocenters. The molecule has 30 heavy (non-hydrogen) atoms. The summed E-state index contributed by atoms with van der Waals surface area (Å²) in [5, 5.41) is 2.64. The van der Waals surface area contributed by atoms with Crippen molar-refractivity contribution < 1.29 is 26.4 Å². The SMILES string of the molecule is CNS(=O)(=O)c1ccc(NC(=O)c2ccc(S(=O)(=O)NCC3CCCO3)cc2)cc1. The Kier molecular flexibility index (Phi) is 6.88. The molecule has 1 aliphatic rings. The third-order valence-corrected chi connectivity index (χ3v) is 7.51. The molecule has 1 amide bonds. The number of anilines is 1. The zero-order chi connectivity index (χ0) is 21.8. The van der Waals surface area contributed by atoms with Crippen LogP contribution >= 0.6 is 0 Å². The molecule has 3 N–H and O–H groups in total. The van der Waals surface area contributed by atoms with Crippen molar-refractivity contribution in [1.82, 2.24) is 9.44 Å². The molecule has 11 heteroatoms. The van der Waals surface area contributed by atoms with Crippen LogP contribution in [0.4, 0.5) is 5.69 Å². The first-order chi connectivity index (χ1) is 14.2. The van der Waals surface area contributed by atoms with Gasteiger partial charge >= 0.3 is 0 Å². The zero-order valence-corrected chi connectivity index (χ0v) is 17.9. The van der Waals surface area contributed by atoms with Crippen molar-refractivity contribution in [1.29, 1.82) is 0 Å². The van der Waals surface area contributed by atoms with E-state index in [0.717, 1.165) is 12.8 Å². The molecule has 2 aromatic rings. The molecule has 2 aromatic carbocycles. The highest BCUT2D eigenvalue weighted by atomic mass is 32.2. The third kappa shape index (κ3) is 5.43. The topological polar surface area (TPSA) is 131 Å². The largest absolute Gasteiger partial charge is 0.377 e. The quantitative estimate of drug-likeness (QED) is 0.552. The maximum absolute atomic E-state index is 12.4. The number of carbonyl (C=O) groups excluding carboxylic acids is 1. The van der Waals surface area contributed by atoms with Crippen molar-refractivity contribution in [3.05, 3.63) is 54.1 Å². The van der Waals surface area contributed by atoms with E-state index in [4.69, 9.17) is 4.74 Å². The second kappa shape index (κ2) is 9.23. The Morgan fingerprint density at radius 2 is 1.57 bits per heavy atom. The van der Waals surface area contributed by atoms with Gasteiger partial charge in [0.15, 0.2) is 0 Å². The second-order valence-electron chi connectivity index (χ2n) is 6.70. The van der Waals surface area contributed by atoms with Crippen LogP contribution in [0.5, 0.6) is 0 Å². The highest BCUT2D eigenvalue weighted by Gasteiger charge is 2.20. The van der Waals surface area contributed by atoms with Crippen LogP contribution in [0.3, 0.4) is 0 Å². The summed E-state index contributed by atoms with van der Waals surface area (Å²) in [7, 11) is -5.94. The van der Waals surface area contributed by atoms with Crippen LogP contribution < -0.4 is 14.8 Å². The van der Waals surface area contributed by atoms with Gasteiger partial charge in [-0.05, 0) is 68.4 Å². The summed E-state index contributed by atoms with van der Waals surface area (Å²) in [4.78, 5) is 12.5. The number of hydrogen-bond donors (Lipinski definition) is 3. The summed E-state index contributed by atoms with van der Waals surface area (Å²) >= 11 is 0. The van der Waals surface area contributed by atoms with Gasteiger partial charge in [0.1, 0.15) is 0 Å². The maximum atomic E-state index is 12.4. The zero-order valence-electron chi connectivity index (χ0n) is 16.3. The van der Waals surface area contributed by atoms with Crippen LogP contribution in [0, 0.1) is 0 Å². The lowest BCUT2D eigenvalue weighted by molar-refractivity contribution is 0.102. The van der Waals surface area contributed by atoms with E-state index in [2.05, 4.69) is 14.8 Å². The van der Waals surface area contributed by atoms with Gasteiger partial charge in [0.25, 0.3) is 5.91 Å². The van der Waals surface area contributed by atoms with Gasteiger partial charge in [0, 0.05) is 24.4 Å². The first kappa shape index (κ1) is 22.4. The Morgan fingerprint density at radius 3 is 2.13 bits per heavy atom. The Balaban J connectivity index is 1.63. The number of carbonyl (C=O) groups is 1. The molecule has 1 unspecified atom stereocenters. The lowest BCUT2D eigenvalue weighted by atomic mass is 10.2. The molecule has 1 saturated heterocycles. The Labute approximate surface area is 175 Å².